The molecule has 0 bridgehead atoms. The molecule has 2 aromatic rings. The first kappa shape index (κ1) is 13.5. The van der Waals surface area contributed by atoms with Crippen molar-refractivity contribution in [3.63, 3.8) is 0 Å². The molecule has 1 aromatic heterocycles. The number of halogens is 5. The van der Waals surface area contributed by atoms with Gasteiger partial charge < -0.3 is 5.73 Å². The van der Waals surface area contributed by atoms with E-state index in [9.17, 15) is 22.0 Å². The van der Waals surface area contributed by atoms with Crippen molar-refractivity contribution < 1.29 is 22.0 Å². The van der Waals surface area contributed by atoms with Crippen LogP contribution in [0.1, 0.15) is 11.3 Å². The van der Waals surface area contributed by atoms with E-state index in [-0.39, 0.29) is 5.56 Å². The number of benzene rings is 1. The Bertz CT molecular complexity index is 603. The van der Waals surface area contributed by atoms with E-state index in [0.717, 1.165) is 18.3 Å². The van der Waals surface area contributed by atoms with Gasteiger partial charge in [0.1, 0.15) is 11.5 Å². The molecule has 0 radical (unpaired) electrons. The van der Waals surface area contributed by atoms with Gasteiger partial charge in [0, 0.05) is 18.2 Å². The van der Waals surface area contributed by atoms with Gasteiger partial charge in [-0.3, -0.25) is 0 Å². The molecule has 0 spiro atoms. The van der Waals surface area contributed by atoms with Crippen LogP contribution < -0.4 is 5.73 Å². The Morgan fingerprint density at radius 1 is 1.21 bits per heavy atom. The molecule has 0 amide bonds. The van der Waals surface area contributed by atoms with Gasteiger partial charge in [-0.1, -0.05) is 0 Å². The van der Waals surface area contributed by atoms with E-state index in [2.05, 4.69) is 5.10 Å². The van der Waals surface area contributed by atoms with Gasteiger partial charge in [0.05, 0.1) is 6.20 Å². The summed E-state index contributed by atoms with van der Waals surface area (Å²) >= 11 is 0. The van der Waals surface area contributed by atoms with Crippen molar-refractivity contribution >= 4 is 0 Å². The molecule has 0 aliphatic heterocycles. The fraction of sp³-hybridized carbons (Fsp3) is 0.182. The summed E-state index contributed by atoms with van der Waals surface area (Å²) in [6.45, 7) is -0.391. The Kier molecular flexibility index (Phi) is 3.27. The summed E-state index contributed by atoms with van der Waals surface area (Å²) in [5.74, 6) is -2.03. The summed E-state index contributed by atoms with van der Waals surface area (Å²) in [6.07, 6.45) is -3.84. The van der Waals surface area contributed by atoms with Crippen LogP contribution in [-0.4, -0.2) is 9.78 Å². The summed E-state index contributed by atoms with van der Waals surface area (Å²) in [6, 6.07) is 2.22. The van der Waals surface area contributed by atoms with E-state index in [1.165, 1.54) is 0 Å². The van der Waals surface area contributed by atoms with Gasteiger partial charge in [-0.25, -0.2) is 13.5 Å². The van der Waals surface area contributed by atoms with E-state index in [4.69, 9.17) is 5.73 Å². The lowest BCUT2D eigenvalue weighted by atomic mass is 10.2. The van der Waals surface area contributed by atoms with Crippen LogP contribution in [0.3, 0.4) is 0 Å². The predicted molar refractivity (Wildman–Crippen MR) is 56.4 cm³/mol. The smallest absolute Gasteiger partial charge is 0.326 e. The third-order valence-corrected chi connectivity index (χ3v) is 2.47. The molecule has 0 atom stereocenters. The molecule has 3 nitrogen and oxygen atoms in total. The van der Waals surface area contributed by atoms with E-state index < -0.39 is 35.7 Å². The number of hydrogen-bond acceptors (Lipinski definition) is 2. The molecule has 0 aliphatic carbocycles. The van der Waals surface area contributed by atoms with Crippen LogP contribution in [0.25, 0.3) is 5.69 Å². The lowest BCUT2D eigenvalue weighted by molar-refractivity contribution is -0.143. The largest absolute Gasteiger partial charge is 0.433 e. The number of nitrogens with two attached hydrogens (primary N) is 1. The topological polar surface area (TPSA) is 43.8 Å². The summed E-state index contributed by atoms with van der Waals surface area (Å²) in [7, 11) is 0. The van der Waals surface area contributed by atoms with Crippen molar-refractivity contribution in [3.8, 4) is 5.69 Å². The number of aromatic nitrogens is 2. The van der Waals surface area contributed by atoms with Gasteiger partial charge in [-0.2, -0.15) is 18.3 Å². The Morgan fingerprint density at radius 3 is 2.42 bits per heavy atom. The van der Waals surface area contributed by atoms with Gasteiger partial charge >= 0.3 is 6.18 Å². The number of nitrogens with zero attached hydrogens (tertiary/aromatic N) is 2. The van der Waals surface area contributed by atoms with Crippen molar-refractivity contribution in [2.24, 2.45) is 5.73 Å². The molecule has 8 heteroatoms. The number of hydrogen-bond donors (Lipinski definition) is 1. The fourth-order valence-electron chi connectivity index (χ4n) is 1.67. The third kappa shape index (κ3) is 2.43. The minimum Gasteiger partial charge on any atom is -0.326 e. The first-order valence-electron chi connectivity index (χ1n) is 5.14. The fourth-order valence-corrected chi connectivity index (χ4v) is 1.67. The van der Waals surface area contributed by atoms with Crippen LogP contribution in [0.4, 0.5) is 22.0 Å². The zero-order chi connectivity index (χ0) is 14.2. The highest BCUT2D eigenvalue weighted by Gasteiger charge is 2.38. The molecular formula is C11H8F5N3. The third-order valence-electron chi connectivity index (χ3n) is 2.47. The Labute approximate surface area is 104 Å². The molecule has 2 N–H and O–H groups in total. The van der Waals surface area contributed by atoms with E-state index in [0.29, 0.717) is 10.7 Å². The molecule has 1 aromatic carbocycles. The zero-order valence-corrected chi connectivity index (χ0v) is 9.38. The molecule has 2 rings (SSSR count). The van der Waals surface area contributed by atoms with Crippen molar-refractivity contribution in [3.05, 3.63) is 47.3 Å². The SMILES string of the molecule is NCc1cnn(-c2ccc(F)cc2F)c1C(F)(F)F. The van der Waals surface area contributed by atoms with Crippen molar-refractivity contribution in [1.82, 2.24) is 9.78 Å². The molecular weight excluding hydrogens is 269 g/mol. The molecule has 1 heterocycles. The minimum atomic E-state index is -4.74. The first-order valence-corrected chi connectivity index (χ1v) is 5.14. The maximum atomic E-state index is 13.5. The molecule has 0 unspecified atom stereocenters. The number of alkyl halides is 3. The van der Waals surface area contributed by atoms with Gasteiger partial charge in [0.15, 0.2) is 11.5 Å². The standard InChI is InChI=1S/C11H8F5N3/c12-7-1-2-9(8(13)3-7)19-10(11(14,15)16)6(4-17)5-18-19/h1-3,5H,4,17H2. The molecule has 0 saturated heterocycles. The summed E-state index contributed by atoms with van der Waals surface area (Å²) in [5, 5.41) is 3.47. The Morgan fingerprint density at radius 2 is 1.89 bits per heavy atom. The highest BCUT2D eigenvalue weighted by molar-refractivity contribution is 5.37. The summed E-state index contributed by atoms with van der Waals surface area (Å²) in [4.78, 5) is 0. The van der Waals surface area contributed by atoms with Gasteiger partial charge in [0.2, 0.25) is 0 Å². The lowest BCUT2D eigenvalue weighted by Gasteiger charge is -2.12. The molecule has 19 heavy (non-hydrogen) atoms. The van der Waals surface area contributed by atoms with Crippen molar-refractivity contribution in [2.45, 2.75) is 12.7 Å². The van der Waals surface area contributed by atoms with Crippen LogP contribution >= 0.6 is 0 Å². The molecule has 102 valence electrons. The maximum absolute atomic E-state index is 13.5. The monoisotopic (exact) mass is 277 g/mol. The quantitative estimate of drug-likeness (QED) is 0.857. The predicted octanol–water partition coefficient (Wildman–Crippen LogP) is 2.63. The van der Waals surface area contributed by atoms with E-state index >= 15 is 0 Å². The van der Waals surface area contributed by atoms with E-state index in [1.807, 2.05) is 0 Å². The van der Waals surface area contributed by atoms with Crippen LogP contribution in [-0.2, 0) is 12.7 Å². The Balaban J connectivity index is 2.66. The van der Waals surface area contributed by atoms with Gasteiger partial charge in [0.25, 0.3) is 0 Å². The van der Waals surface area contributed by atoms with Crippen LogP contribution in [0.15, 0.2) is 24.4 Å². The van der Waals surface area contributed by atoms with Crippen molar-refractivity contribution in [2.75, 3.05) is 0 Å². The minimum absolute atomic E-state index is 0.267. The summed E-state index contributed by atoms with van der Waals surface area (Å²) in [5.41, 5.74) is 3.27. The van der Waals surface area contributed by atoms with Crippen LogP contribution in [0.5, 0.6) is 0 Å². The second-order valence-corrected chi connectivity index (χ2v) is 3.73. The number of rotatable bonds is 2. The van der Waals surface area contributed by atoms with Gasteiger partial charge in [-0.05, 0) is 12.1 Å². The molecule has 0 saturated carbocycles. The average Bonchev–Trinajstić information content (AvgIpc) is 2.72. The van der Waals surface area contributed by atoms with Gasteiger partial charge in [-0.15, -0.1) is 0 Å². The van der Waals surface area contributed by atoms with Crippen LogP contribution in [0.2, 0.25) is 0 Å². The second-order valence-electron chi connectivity index (χ2n) is 3.73. The maximum Gasteiger partial charge on any atom is 0.433 e. The lowest BCUT2D eigenvalue weighted by Crippen LogP contribution is -2.17. The highest BCUT2D eigenvalue weighted by Crippen LogP contribution is 2.33. The van der Waals surface area contributed by atoms with Crippen molar-refractivity contribution in [1.29, 1.82) is 0 Å². The molecule has 0 fully saturated rings. The average molecular weight is 277 g/mol. The highest BCUT2D eigenvalue weighted by atomic mass is 19.4. The zero-order valence-electron chi connectivity index (χ0n) is 9.38. The van der Waals surface area contributed by atoms with E-state index in [1.54, 1.807) is 0 Å². The normalized spacial score (nSPS) is 11.9. The Hall–Kier alpha value is -1.96. The summed E-state index contributed by atoms with van der Waals surface area (Å²) < 4.78 is 65.4. The van der Waals surface area contributed by atoms with Crippen LogP contribution in [0, 0.1) is 11.6 Å². The molecule has 0 aliphatic rings. The first-order chi connectivity index (χ1) is 8.84. The second kappa shape index (κ2) is 4.61.